The first kappa shape index (κ1) is 13.5. The number of rotatable bonds is 9. The topological polar surface area (TPSA) is 0 Å². The van der Waals surface area contributed by atoms with Gasteiger partial charge >= 0.3 is 0 Å². The highest BCUT2D eigenvalue weighted by atomic mass is 14.0. The lowest BCUT2D eigenvalue weighted by Crippen LogP contribution is -1.81. The Balaban J connectivity index is 3.03. The molecule has 0 aliphatic carbocycles. The van der Waals surface area contributed by atoms with Gasteiger partial charge in [0.15, 0.2) is 0 Å². The van der Waals surface area contributed by atoms with Crippen molar-refractivity contribution in [1.29, 1.82) is 0 Å². The molecule has 0 aliphatic heterocycles. The zero-order valence-electron chi connectivity index (χ0n) is 10.1. The molecule has 0 saturated carbocycles. The lowest BCUT2D eigenvalue weighted by Gasteiger charge is -2.01. The fourth-order valence-corrected chi connectivity index (χ4v) is 1.61. The Morgan fingerprint density at radius 3 is 1.93 bits per heavy atom. The molecule has 0 amide bonds. The SMILES string of the molecule is C=C=C(C)CCCCCCCCCC. The van der Waals surface area contributed by atoms with Crippen LogP contribution in [0.2, 0.25) is 0 Å². The monoisotopic (exact) mass is 194 g/mol. The van der Waals surface area contributed by atoms with E-state index < -0.39 is 0 Å². The van der Waals surface area contributed by atoms with Crippen molar-refractivity contribution in [2.45, 2.75) is 71.6 Å². The smallest absolute Gasteiger partial charge is 0.0247 e. The Morgan fingerprint density at radius 2 is 1.43 bits per heavy atom. The third kappa shape index (κ3) is 9.61. The molecule has 0 saturated heterocycles. The predicted octanol–water partition coefficient (Wildman–Crippen LogP) is 5.25. The summed E-state index contributed by atoms with van der Waals surface area (Å²) in [5, 5.41) is 0. The Bertz CT molecular complexity index is 161. The molecule has 0 aliphatic rings. The first-order chi connectivity index (χ1) is 6.81. The van der Waals surface area contributed by atoms with Crippen LogP contribution in [-0.4, -0.2) is 0 Å². The largest absolute Gasteiger partial charge is 0.130 e. The molecule has 0 nitrogen and oxygen atoms in total. The maximum Gasteiger partial charge on any atom is -0.0247 e. The van der Waals surface area contributed by atoms with Crippen LogP contribution < -0.4 is 0 Å². The molecule has 0 fully saturated rings. The van der Waals surface area contributed by atoms with Gasteiger partial charge < -0.3 is 0 Å². The molecule has 0 unspecified atom stereocenters. The summed E-state index contributed by atoms with van der Waals surface area (Å²) in [5.74, 6) is 0. The van der Waals surface area contributed by atoms with Gasteiger partial charge in [0.1, 0.15) is 0 Å². The number of hydrogen-bond donors (Lipinski definition) is 0. The van der Waals surface area contributed by atoms with E-state index in [0.717, 1.165) is 0 Å². The van der Waals surface area contributed by atoms with Crippen molar-refractivity contribution in [3.05, 3.63) is 17.9 Å². The Kier molecular flexibility index (Phi) is 10.2. The van der Waals surface area contributed by atoms with E-state index in [-0.39, 0.29) is 0 Å². The van der Waals surface area contributed by atoms with Crippen LogP contribution in [0.5, 0.6) is 0 Å². The Hall–Kier alpha value is -0.480. The molecular weight excluding hydrogens is 168 g/mol. The van der Waals surface area contributed by atoms with Gasteiger partial charge in [-0.15, -0.1) is 5.73 Å². The second-order valence-corrected chi connectivity index (χ2v) is 4.18. The summed E-state index contributed by atoms with van der Waals surface area (Å²) in [5.41, 5.74) is 4.27. The van der Waals surface area contributed by atoms with Crippen molar-refractivity contribution in [3.63, 3.8) is 0 Å². The summed E-state index contributed by atoms with van der Waals surface area (Å²) in [7, 11) is 0. The highest BCUT2D eigenvalue weighted by molar-refractivity contribution is 4.93. The van der Waals surface area contributed by atoms with E-state index in [0.29, 0.717) is 0 Å². The Morgan fingerprint density at radius 1 is 0.929 bits per heavy atom. The van der Waals surface area contributed by atoms with Gasteiger partial charge in [0.2, 0.25) is 0 Å². The minimum atomic E-state index is 1.19. The molecule has 0 aromatic rings. The van der Waals surface area contributed by atoms with E-state index in [4.69, 9.17) is 0 Å². The molecule has 0 atom stereocenters. The fraction of sp³-hybridized carbons (Fsp3) is 0.786. The highest BCUT2D eigenvalue weighted by Gasteiger charge is 1.92. The maximum atomic E-state index is 3.65. The van der Waals surface area contributed by atoms with E-state index in [2.05, 4.69) is 26.2 Å². The fourth-order valence-electron chi connectivity index (χ4n) is 1.61. The minimum Gasteiger partial charge on any atom is -0.130 e. The number of unbranched alkanes of at least 4 members (excludes halogenated alkanes) is 7. The lowest BCUT2D eigenvalue weighted by molar-refractivity contribution is 0.575. The first-order valence-electron chi connectivity index (χ1n) is 6.16. The summed E-state index contributed by atoms with van der Waals surface area (Å²) >= 11 is 0. The van der Waals surface area contributed by atoms with Crippen molar-refractivity contribution in [1.82, 2.24) is 0 Å². The molecule has 14 heavy (non-hydrogen) atoms. The van der Waals surface area contributed by atoms with E-state index in [9.17, 15) is 0 Å². The van der Waals surface area contributed by atoms with Crippen LogP contribution in [0.25, 0.3) is 0 Å². The van der Waals surface area contributed by atoms with Gasteiger partial charge in [-0.1, -0.05) is 58.4 Å². The quantitative estimate of drug-likeness (QED) is 0.347. The molecule has 0 aromatic carbocycles. The third-order valence-corrected chi connectivity index (χ3v) is 2.71. The molecule has 0 N–H and O–H groups in total. The maximum absolute atomic E-state index is 3.65. The molecule has 0 radical (unpaired) electrons. The number of hydrogen-bond acceptors (Lipinski definition) is 0. The van der Waals surface area contributed by atoms with Gasteiger partial charge in [-0.3, -0.25) is 0 Å². The Labute approximate surface area is 90.1 Å². The summed E-state index contributed by atoms with van der Waals surface area (Å²) in [4.78, 5) is 0. The molecule has 0 rings (SSSR count). The van der Waals surface area contributed by atoms with Gasteiger partial charge in [0.05, 0.1) is 0 Å². The zero-order chi connectivity index (χ0) is 10.6. The average molecular weight is 194 g/mol. The van der Waals surface area contributed by atoms with Crippen LogP contribution in [0.15, 0.2) is 17.9 Å². The highest BCUT2D eigenvalue weighted by Crippen LogP contribution is 2.11. The standard InChI is InChI=1S/C14H26/c1-4-6-7-8-9-10-11-12-13-14(3)5-2/h2,4,6-13H2,1,3H3. The molecule has 0 heteroatoms. The van der Waals surface area contributed by atoms with Crippen LogP contribution in [0.3, 0.4) is 0 Å². The van der Waals surface area contributed by atoms with E-state index in [1.165, 1.54) is 63.4 Å². The lowest BCUT2D eigenvalue weighted by atomic mass is 10.1. The van der Waals surface area contributed by atoms with Crippen LogP contribution >= 0.6 is 0 Å². The number of allylic oxidation sites excluding steroid dienone is 1. The molecular formula is C14H26. The first-order valence-corrected chi connectivity index (χ1v) is 6.16. The predicted molar refractivity (Wildman–Crippen MR) is 65.6 cm³/mol. The molecule has 0 bridgehead atoms. The van der Waals surface area contributed by atoms with Gasteiger partial charge in [-0.05, 0) is 25.3 Å². The van der Waals surface area contributed by atoms with E-state index in [1.807, 2.05) is 0 Å². The molecule has 0 heterocycles. The molecule has 0 spiro atoms. The molecule has 82 valence electrons. The zero-order valence-corrected chi connectivity index (χ0v) is 10.1. The van der Waals surface area contributed by atoms with E-state index in [1.54, 1.807) is 0 Å². The second-order valence-electron chi connectivity index (χ2n) is 4.18. The third-order valence-electron chi connectivity index (χ3n) is 2.71. The van der Waals surface area contributed by atoms with Crippen LogP contribution in [0, 0.1) is 0 Å². The van der Waals surface area contributed by atoms with Crippen molar-refractivity contribution in [2.75, 3.05) is 0 Å². The van der Waals surface area contributed by atoms with Gasteiger partial charge in [0, 0.05) is 0 Å². The average Bonchev–Trinajstić information content (AvgIpc) is 2.21. The van der Waals surface area contributed by atoms with Crippen molar-refractivity contribution < 1.29 is 0 Å². The van der Waals surface area contributed by atoms with Crippen molar-refractivity contribution >= 4 is 0 Å². The summed E-state index contributed by atoms with van der Waals surface area (Å²) in [6.45, 7) is 8.03. The van der Waals surface area contributed by atoms with Crippen molar-refractivity contribution in [2.24, 2.45) is 0 Å². The summed E-state index contributed by atoms with van der Waals surface area (Å²) in [6, 6.07) is 0. The van der Waals surface area contributed by atoms with Gasteiger partial charge in [-0.25, -0.2) is 0 Å². The van der Waals surface area contributed by atoms with Crippen molar-refractivity contribution in [3.8, 4) is 0 Å². The van der Waals surface area contributed by atoms with Gasteiger partial charge in [0.25, 0.3) is 0 Å². The second kappa shape index (κ2) is 10.6. The normalized spacial score (nSPS) is 9.86. The van der Waals surface area contributed by atoms with E-state index >= 15 is 0 Å². The summed E-state index contributed by atoms with van der Waals surface area (Å²) < 4.78 is 0. The van der Waals surface area contributed by atoms with Crippen LogP contribution in [0.4, 0.5) is 0 Å². The summed E-state index contributed by atoms with van der Waals surface area (Å²) in [6.07, 6.45) is 12.4. The van der Waals surface area contributed by atoms with Gasteiger partial charge in [-0.2, -0.15) is 0 Å². The molecule has 0 aromatic heterocycles. The van der Waals surface area contributed by atoms with Crippen LogP contribution in [0.1, 0.15) is 71.6 Å². The van der Waals surface area contributed by atoms with Crippen LogP contribution in [-0.2, 0) is 0 Å². The minimum absolute atomic E-state index is 1.19.